The zero-order valence-corrected chi connectivity index (χ0v) is 19.4. The number of fused-ring (bicyclic) bond motifs is 1. The molecule has 1 aromatic rings. The molecule has 1 aliphatic carbocycles. The van der Waals surface area contributed by atoms with Crippen molar-refractivity contribution in [3.8, 4) is 0 Å². The van der Waals surface area contributed by atoms with Crippen LogP contribution in [-0.4, -0.2) is 42.9 Å². The summed E-state index contributed by atoms with van der Waals surface area (Å²) in [6.45, 7) is 10.4. The average Bonchev–Trinajstić information content (AvgIpc) is 3.32. The molecule has 0 radical (unpaired) electrons. The molecule has 4 atom stereocenters. The van der Waals surface area contributed by atoms with E-state index in [9.17, 15) is 4.79 Å². The van der Waals surface area contributed by atoms with Crippen molar-refractivity contribution in [3.05, 3.63) is 35.9 Å². The number of hydrogen-bond acceptors (Lipinski definition) is 6. The van der Waals surface area contributed by atoms with Crippen LogP contribution in [0.25, 0.3) is 0 Å². The van der Waals surface area contributed by atoms with E-state index in [0.717, 1.165) is 37.8 Å². The maximum absolute atomic E-state index is 13.2. The Hall–Kier alpha value is -1.41. The number of nitrogens with one attached hydrogen (secondary N) is 1. The van der Waals surface area contributed by atoms with Crippen LogP contribution < -0.4 is 11.1 Å². The van der Waals surface area contributed by atoms with Gasteiger partial charge in [-0.15, -0.1) is 0 Å². The van der Waals surface area contributed by atoms with Crippen LogP contribution in [0.1, 0.15) is 52.5 Å². The molecule has 0 bridgehead atoms. The van der Waals surface area contributed by atoms with Crippen molar-refractivity contribution in [2.75, 3.05) is 13.1 Å². The van der Waals surface area contributed by atoms with Crippen LogP contribution in [0.2, 0.25) is 6.32 Å². The third kappa shape index (κ3) is 4.43. The van der Waals surface area contributed by atoms with Gasteiger partial charge in [0.05, 0.1) is 11.2 Å². The minimum Gasteiger partial charge on any atom is -0.459 e. The second-order valence-corrected chi connectivity index (χ2v) is 10.6. The summed E-state index contributed by atoms with van der Waals surface area (Å²) in [5.41, 5.74) is 6.26. The molecule has 3 N–H and O–H groups in total. The van der Waals surface area contributed by atoms with Gasteiger partial charge in [0, 0.05) is 0 Å². The van der Waals surface area contributed by atoms with Gasteiger partial charge in [0.15, 0.2) is 0 Å². The molecule has 2 heterocycles. The quantitative estimate of drug-likeness (QED) is 0.513. The number of carbonyl (C=O) groups is 1. The minimum atomic E-state index is -0.915. The first-order valence-corrected chi connectivity index (χ1v) is 11.7. The van der Waals surface area contributed by atoms with Crippen molar-refractivity contribution in [3.63, 3.8) is 0 Å². The first-order chi connectivity index (χ1) is 14.6. The number of nitrogens with two attached hydrogens (primary N) is 1. The van der Waals surface area contributed by atoms with E-state index in [2.05, 4.69) is 33.0 Å². The van der Waals surface area contributed by atoms with Crippen LogP contribution in [0.4, 0.5) is 0 Å². The van der Waals surface area contributed by atoms with E-state index < -0.39 is 5.54 Å². The summed E-state index contributed by atoms with van der Waals surface area (Å²) in [7, 11) is -0.207. The van der Waals surface area contributed by atoms with E-state index in [1.807, 2.05) is 30.3 Å². The Labute approximate surface area is 186 Å². The lowest BCUT2D eigenvalue weighted by Gasteiger charge is -2.32. The Morgan fingerprint density at radius 3 is 2.52 bits per heavy atom. The Kier molecular flexibility index (Phi) is 6.25. The molecule has 1 aromatic carbocycles. The first kappa shape index (κ1) is 22.8. The second-order valence-electron chi connectivity index (χ2n) is 10.6. The molecule has 170 valence electrons. The van der Waals surface area contributed by atoms with Crippen LogP contribution >= 0.6 is 0 Å². The summed E-state index contributed by atoms with van der Waals surface area (Å²) in [6, 6.07) is 9.78. The molecule has 2 aliphatic heterocycles. The highest BCUT2D eigenvalue weighted by Gasteiger charge is 2.57. The summed E-state index contributed by atoms with van der Waals surface area (Å²) in [5, 5.41) is 3.48. The lowest BCUT2D eigenvalue weighted by Crippen LogP contribution is -2.53. The van der Waals surface area contributed by atoms with Crippen molar-refractivity contribution in [2.45, 2.75) is 76.6 Å². The summed E-state index contributed by atoms with van der Waals surface area (Å²) >= 11 is 0. The van der Waals surface area contributed by atoms with Crippen LogP contribution in [0.15, 0.2) is 30.3 Å². The number of esters is 1. The largest absolute Gasteiger partial charge is 0.459 e. The molecule has 0 amide bonds. The van der Waals surface area contributed by atoms with E-state index >= 15 is 0 Å². The SMILES string of the molecule is CC1(C)OB(CCCC2[C@@H]3CNC[C@@H]3CC2(N)C(=O)OCc2ccccc2)OC1(C)C. The zero-order valence-electron chi connectivity index (χ0n) is 19.4. The van der Waals surface area contributed by atoms with Gasteiger partial charge in [-0.1, -0.05) is 36.8 Å². The number of rotatable bonds is 7. The van der Waals surface area contributed by atoms with Gasteiger partial charge in [0.25, 0.3) is 0 Å². The Balaban J connectivity index is 1.37. The molecule has 3 fully saturated rings. The smallest absolute Gasteiger partial charge is 0.457 e. The molecule has 7 heteroatoms. The van der Waals surface area contributed by atoms with Crippen LogP contribution in [0, 0.1) is 17.8 Å². The summed E-state index contributed by atoms with van der Waals surface area (Å²) in [4.78, 5) is 13.2. The zero-order chi connectivity index (χ0) is 22.3. The fourth-order valence-electron chi connectivity index (χ4n) is 5.57. The summed E-state index contributed by atoms with van der Waals surface area (Å²) in [6.07, 6.45) is 3.29. The van der Waals surface area contributed by atoms with Gasteiger partial charge in [0.1, 0.15) is 12.1 Å². The highest BCUT2D eigenvalue weighted by Crippen LogP contribution is 2.48. The highest BCUT2D eigenvalue weighted by atomic mass is 16.7. The molecule has 0 aromatic heterocycles. The molecule has 0 spiro atoms. The highest BCUT2D eigenvalue weighted by molar-refractivity contribution is 6.45. The van der Waals surface area contributed by atoms with E-state index in [0.29, 0.717) is 18.3 Å². The fraction of sp³-hybridized carbons (Fsp3) is 0.708. The van der Waals surface area contributed by atoms with Gasteiger partial charge in [-0.3, -0.25) is 4.79 Å². The van der Waals surface area contributed by atoms with Gasteiger partial charge in [-0.2, -0.15) is 0 Å². The van der Waals surface area contributed by atoms with Crippen molar-refractivity contribution in [1.29, 1.82) is 0 Å². The molecule has 31 heavy (non-hydrogen) atoms. The fourth-order valence-corrected chi connectivity index (χ4v) is 5.57. The number of benzene rings is 1. The first-order valence-electron chi connectivity index (χ1n) is 11.7. The number of ether oxygens (including phenoxy) is 1. The number of carbonyl (C=O) groups excluding carboxylic acids is 1. The lowest BCUT2D eigenvalue weighted by molar-refractivity contribution is -0.153. The normalized spacial score (nSPS) is 33.5. The lowest BCUT2D eigenvalue weighted by atomic mass is 9.75. The van der Waals surface area contributed by atoms with Gasteiger partial charge in [0.2, 0.25) is 0 Å². The molecule has 3 aliphatic rings. The van der Waals surface area contributed by atoms with E-state index in [-0.39, 0.29) is 36.8 Å². The Morgan fingerprint density at radius 2 is 1.84 bits per heavy atom. The summed E-state index contributed by atoms with van der Waals surface area (Å²) in [5.74, 6) is 0.716. The maximum atomic E-state index is 13.2. The third-order valence-corrected chi connectivity index (χ3v) is 8.02. The molecule has 6 nitrogen and oxygen atoms in total. The van der Waals surface area contributed by atoms with E-state index in [4.69, 9.17) is 19.8 Å². The monoisotopic (exact) mass is 428 g/mol. The maximum Gasteiger partial charge on any atom is 0.457 e. The third-order valence-electron chi connectivity index (χ3n) is 8.02. The van der Waals surface area contributed by atoms with Crippen molar-refractivity contribution >= 4 is 13.1 Å². The van der Waals surface area contributed by atoms with E-state index in [1.165, 1.54) is 0 Å². The van der Waals surface area contributed by atoms with Crippen molar-refractivity contribution in [1.82, 2.24) is 5.32 Å². The molecule has 2 unspecified atom stereocenters. The van der Waals surface area contributed by atoms with Crippen LogP contribution in [0.5, 0.6) is 0 Å². The van der Waals surface area contributed by atoms with Gasteiger partial charge in [-0.05, 0) is 83.3 Å². The minimum absolute atomic E-state index is 0.109. The molecule has 2 saturated heterocycles. The second kappa shape index (κ2) is 8.51. The molecule has 4 rings (SSSR count). The van der Waals surface area contributed by atoms with Gasteiger partial charge in [-0.25, -0.2) is 0 Å². The summed E-state index contributed by atoms with van der Waals surface area (Å²) < 4.78 is 18.0. The molecule has 1 saturated carbocycles. The standard InChI is InChI=1S/C24H37BN2O4/c1-22(2)23(3,4)31-25(30-22)12-8-11-20-19-15-27-14-18(19)13-24(20,26)21(28)29-16-17-9-6-5-7-10-17/h5-7,9-10,18-20,27H,8,11-16,26H2,1-4H3/t18-,19+,20?,24?/m0/s1. The van der Waals surface area contributed by atoms with Crippen molar-refractivity contribution in [2.24, 2.45) is 23.5 Å². The topological polar surface area (TPSA) is 82.8 Å². The molecular weight excluding hydrogens is 391 g/mol. The van der Waals surface area contributed by atoms with Crippen molar-refractivity contribution < 1.29 is 18.8 Å². The predicted octanol–water partition coefficient (Wildman–Crippen LogP) is 3.16. The number of hydrogen-bond donors (Lipinski definition) is 2. The Morgan fingerprint density at radius 1 is 1.16 bits per heavy atom. The van der Waals surface area contributed by atoms with Gasteiger partial charge >= 0.3 is 13.1 Å². The van der Waals surface area contributed by atoms with Gasteiger partial charge < -0.3 is 25.1 Å². The van der Waals surface area contributed by atoms with Crippen LogP contribution in [0.3, 0.4) is 0 Å². The predicted molar refractivity (Wildman–Crippen MR) is 121 cm³/mol. The van der Waals surface area contributed by atoms with E-state index in [1.54, 1.807) is 0 Å². The molecular formula is C24H37BN2O4. The Bertz CT molecular complexity index is 771. The van der Waals surface area contributed by atoms with Crippen LogP contribution in [-0.2, 0) is 25.4 Å². The average molecular weight is 428 g/mol.